The predicted octanol–water partition coefficient (Wildman–Crippen LogP) is 4.69. The van der Waals surface area contributed by atoms with Gasteiger partial charge in [-0.15, -0.1) is 0 Å². The van der Waals surface area contributed by atoms with Crippen LogP contribution in [0.3, 0.4) is 0 Å². The number of benzene rings is 2. The van der Waals surface area contributed by atoms with Gasteiger partial charge in [0.25, 0.3) is 5.91 Å². The Balaban J connectivity index is 1.49. The number of hydrogen-bond donors (Lipinski definition) is 0. The first-order valence-electron chi connectivity index (χ1n) is 9.53. The molecule has 2 heterocycles. The fourth-order valence-corrected chi connectivity index (χ4v) is 4.67. The normalized spacial score (nSPS) is 15.0. The molecular weight excluding hydrogens is 354 g/mol. The summed E-state index contributed by atoms with van der Waals surface area (Å²) in [6, 6.07) is 14.3. The van der Waals surface area contributed by atoms with Crippen LogP contribution < -0.4 is 4.90 Å². The molecule has 1 amide bonds. The van der Waals surface area contributed by atoms with Gasteiger partial charge in [0, 0.05) is 31.7 Å². The SMILES string of the molecule is Cc1cccc(C(=O)N2CCN(c3nc4c(C(C)C)cccc4s3)CC2)c1. The lowest BCUT2D eigenvalue weighted by molar-refractivity contribution is 0.0746. The van der Waals surface area contributed by atoms with Crippen molar-refractivity contribution >= 4 is 32.6 Å². The van der Waals surface area contributed by atoms with Gasteiger partial charge in [-0.05, 0) is 36.6 Å². The lowest BCUT2D eigenvalue weighted by atomic mass is 10.0. The highest BCUT2D eigenvalue weighted by Crippen LogP contribution is 2.33. The lowest BCUT2D eigenvalue weighted by Crippen LogP contribution is -2.48. The van der Waals surface area contributed by atoms with Crippen molar-refractivity contribution in [3.8, 4) is 0 Å². The Labute approximate surface area is 164 Å². The Morgan fingerprint density at radius 2 is 1.81 bits per heavy atom. The van der Waals surface area contributed by atoms with Crippen molar-refractivity contribution in [2.24, 2.45) is 0 Å². The number of amides is 1. The zero-order valence-corrected chi connectivity index (χ0v) is 16.9. The molecule has 0 bridgehead atoms. The summed E-state index contributed by atoms with van der Waals surface area (Å²) >= 11 is 1.75. The van der Waals surface area contributed by atoms with E-state index in [2.05, 4.69) is 36.9 Å². The second-order valence-electron chi connectivity index (χ2n) is 7.49. The summed E-state index contributed by atoms with van der Waals surface area (Å²) in [4.78, 5) is 22.0. The Kier molecular flexibility index (Phi) is 4.87. The van der Waals surface area contributed by atoms with E-state index in [1.54, 1.807) is 11.3 Å². The molecule has 1 aliphatic rings. The number of rotatable bonds is 3. The molecule has 0 spiro atoms. The maximum absolute atomic E-state index is 12.7. The third-order valence-corrected chi connectivity index (χ3v) is 6.24. The van der Waals surface area contributed by atoms with Crippen LogP contribution in [-0.2, 0) is 0 Å². The van der Waals surface area contributed by atoms with E-state index in [9.17, 15) is 4.79 Å². The molecule has 0 N–H and O–H groups in total. The first-order valence-corrected chi connectivity index (χ1v) is 10.3. The van der Waals surface area contributed by atoms with Gasteiger partial charge < -0.3 is 9.80 Å². The maximum atomic E-state index is 12.7. The number of hydrogen-bond acceptors (Lipinski definition) is 4. The number of fused-ring (bicyclic) bond motifs is 1. The molecule has 1 aromatic heterocycles. The van der Waals surface area contributed by atoms with Crippen LogP contribution in [-0.4, -0.2) is 42.0 Å². The molecule has 3 aromatic rings. The second kappa shape index (κ2) is 7.31. The molecule has 140 valence electrons. The minimum absolute atomic E-state index is 0.129. The fourth-order valence-electron chi connectivity index (χ4n) is 3.62. The number of carbonyl (C=O) groups is 1. The zero-order valence-electron chi connectivity index (χ0n) is 16.1. The first kappa shape index (κ1) is 18.0. The number of piperazine rings is 1. The third-order valence-electron chi connectivity index (χ3n) is 5.16. The van der Waals surface area contributed by atoms with Crippen LogP contribution in [0.15, 0.2) is 42.5 Å². The van der Waals surface area contributed by atoms with Gasteiger partial charge >= 0.3 is 0 Å². The molecule has 0 aliphatic carbocycles. The largest absolute Gasteiger partial charge is 0.345 e. The molecule has 4 rings (SSSR count). The van der Waals surface area contributed by atoms with Gasteiger partial charge in [-0.1, -0.05) is 55.0 Å². The highest BCUT2D eigenvalue weighted by Gasteiger charge is 2.24. The Morgan fingerprint density at radius 1 is 1.07 bits per heavy atom. The minimum atomic E-state index is 0.129. The van der Waals surface area contributed by atoms with Gasteiger partial charge in [-0.3, -0.25) is 4.79 Å². The van der Waals surface area contributed by atoms with Crippen molar-refractivity contribution in [3.63, 3.8) is 0 Å². The summed E-state index contributed by atoms with van der Waals surface area (Å²) in [5.74, 6) is 0.595. The van der Waals surface area contributed by atoms with Crippen molar-refractivity contribution in [2.45, 2.75) is 26.7 Å². The molecule has 2 aromatic carbocycles. The zero-order chi connectivity index (χ0) is 19.0. The summed E-state index contributed by atoms with van der Waals surface area (Å²) in [7, 11) is 0. The van der Waals surface area contributed by atoms with E-state index in [1.807, 2.05) is 36.1 Å². The van der Waals surface area contributed by atoms with Crippen molar-refractivity contribution in [1.82, 2.24) is 9.88 Å². The minimum Gasteiger partial charge on any atom is -0.345 e. The Morgan fingerprint density at radius 3 is 2.52 bits per heavy atom. The van der Waals surface area contributed by atoms with Gasteiger partial charge in [-0.25, -0.2) is 4.98 Å². The fraction of sp³-hybridized carbons (Fsp3) is 0.364. The molecule has 5 heteroatoms. The van der Waals surface area contributed by atoms with E-state index < -0.39 is 0 Å². The molecule has 1 fully saturated rings. The van der Waals surface area contributed by atoms with Crippen LogP contribution in [0.1, 0.15) is 41.3 Å². The van der Waals surface area contributed by atoms with E-state index in [1.165, 1.54) is 10.3 Å². The van der Waals surface area contributed by atoms with Crippen molar-refractivity contribution in [2.75, 3.05) is 31.1 Å². The number of nitrogens with zero attached hydrogens (tertiary/aromatic N) is 3. The predicted molar refractivity (Wildman–Crippen MR) is 113 cm³/mol. The van der Waals surface area contributed by atoms with Crippen LogP contribution in [0.5, 0.6) is 0 Å². The van der Waals surface area contributed by atoms with Gasteiger partial charge in [0.05, 0.1) is 10.2 Å². The summed E-state index contributed by atoms with van der Waals surface area (Å²) in [6.45, 7) is 9.57. The molecular formula is C22H25N3OS. The molecule has 1 saturated heterocycles. The number of aryl methyl sites for hydroxylation is 1. The Hall–Kier alpha value is -2.40. The van der Waals surface area contributed by atoms with E-state index in [-0.39, 0.29) is 5.91 Å². The lowest BCUT2D eigenvalue weighted by Gasteiger charge is -2.34. The molecule has 4 nitrogen and oxygen atoms in total. The second-order valence-corrected chi connectivity index (χ2v) is 8.50. The van der Waals surface area contributed by atoms with Gasteiger partial charge in [0.1, 0.15) is 0 Å². The molecule has 1 aliphatic heterocycles. The van der Waals surface area contributed by atoms with Crippen LogP contribution in [0.2, 0.25) is 0 Å². The van der Waals surface area contributed by atoms with Gasteiger partial charge in [0.15, 0.2) is 5.13 Å². The van der Waals surface area contributed by atoms with Crippen molar-refractivity contribution in [3.05, 3.63) is 59.2 Å². The summed E-state index contributed by atoms with van der Waals surface area (Å²) < 4.78 is 1.24. The summed E-state index contributed by atoms with van der Waals surface area (Å²) in [6.07, 6.45) is 0. The molecule has 27 heavy (non-hydrogen) atoms. The number of anilines is 1. The maximum Gasteiger partial charge on any atom is 0.253 e. The van der Waals surface area contributed by atoms with Crippen LogP contribution in [0.4, 0.5) is 5.13 Å². The Bertz CT molecular complexity index is 971. The molecule has 0 saturated carbocycles. The topological polar surface area (TPSA) is 36.4 Å². The standard InChI is InChI=1S/C22H25N3OS/c1-15(2)18-8-5-9-19-20(18)23-22(27-19)25-12-10-24(11-13-25)21(26)17-7-4-6-16(3)14-17/h4-9,14-15H,10-13H2,1-3H3. The first-order chi connectivity index (χ1) is 13.0. The van der Waals surface area contributed by atoms with Crippen molar-refractivity contribution in [1.29, 1.82) is 0 Å². The average molecular weight is 380 g/mol. The van der Waals surface area contributed by atoms with Gasteiger partial charge in [-0.2, -0.15) is 0 Å². The van der Waals surface area contributed by atoms with Gasteiger partial charge in [0.2, 0.25) is 0 Å². The number of thiazole rings is 1. The molecule has 0 unspecified atom stereocenters. The smallest absolute Gasteiger partial charge is 0.253 e. The quantitative estimate of drug-likeness (QED) is 0.662. The van der Waals surface area contributed by atoms with E-state index in [4.69, 9.17) is 4.98 Å². The van der Waals surface area contributed by atoms with E-state index in [0.29, 0.717) is 5.92 Å². The number of carbonyl (C=O) groups excluding carboxylic acids is 1. The highest BCUT2D eigenvalue weighted by molar-refractivity contribution is 7.22. The van der Waals surface area contributed by atoms with E-state index in [0.717, 1.165) is 48.0 Å². The third kappa shape index (κ3) is 3.56. The van der Waals surface area contributed by atoms with E-state index >= 15 is 0 Å². The van der Waals surface area contributed by atoms with Crippen LogP contribution in [0, 0.1) is 6.92 Å². The number of para-hydroxylation sites is 1. The van der Waals surface area contributed by atoms with Crippen LogP contribution in [0.25, 0.3) is 10.2 Å². The molecule has 0 atom stereocenters. The van der Waals surface area contributed by atoms with Crippen LogP contribution >= 0.6 is 11.3 Å². The monoisotopic (exact) mass is 379 g/mol. The highest BCUT2D eigenvalue weighted by atomic mass is 32.1. The van der Waals surface area contributed by atoms with Crippen molar-refractivity contribution < 1.29 is 4.79 Å². The number of aromatic nitrogens is 1. The summed E-state index contributed by atoms with van der Waals surface area (Å²) in [5.41, 5.74) is 4.34. The molecule has 0 radical (unpaired) electrons. The average Bonchev–Trinajstić information content (AvgIpc) is 3.11. The summed E-state index contributed by atoms with van der Waals surface area (Å²) in [5, 5.41) is 1.07.